The summed E-state index contributed by atoms with van der Waals surface area (Å²) in [5.74, 6) is 0. The van der Waals surface area contributed by atoms with Gasteiger partial charge < -0.3 is 0 Å². The first-order valence-corrected chi connectivity index (χ1v) is 1.52. The van der Waals surface area contributed by atoms with Crippen LogP contribution in [0.15, 0.2) is 0 Å². The summed E-state index contributed by atoms with van der Waals surface area (Å²) >= 11 is 3.77. The molecule has 0 unspecified atom stereocenters. The van der Waals surface area contributed by atoms with Crippen LogP contribution in [-0.2, 0) is 33.9 Å². The average molecular weight is 231 g/mol. The Morgan fingerprint density at radius 3 is 1.25 bits per heavy atom. The molecule has 3 radical (unpaired) electrons. The zero-order chi connectivity index (χ0) is 2.00. The molecule has 0 N–H and O–H groups in total. The summed E-state index contributed by atoms with van der Waals surface area (Å²) in [5, 5.41) is 0. The molecule has 0 amide bonds. The molecule has 0 saturated heterocycles. The molecule has 0 aliphatic carbocycles. The van der Waals surface area contributed by atoms with Gasteiger partial charge in [-0.2, -0.15) is 0 Å². The second kappa shape index (κ2) is 20.0. The monoisotopic (exact) mass is 228 g/mol. The molecule has 0 aromatic carbocycles. The zero-order valence-electron chi connectivity index (χ0n) is 1.99. The number of hydrogen-bond donors (Lipinski definition) is 0. The van der Waals surface area contributed by atoms with E-state index in [0.717, 1.165) is 0 Å². The van der Waals surface area contributed by atoms with Crippen molar-refractivity contribution in [3.05, 3.63) is 0 Å². The Morgan fingerprint density at radius 2 is 1.25 bits per heavy atom. The van der Waals surface area contributed by atoms with Crippen LogP contribution in [-0.4, -0.2) is 19.8 Å². The fourth-order valence-corrected chi connectivity index (χ4v) is 0. The fraction of sp³-hybridized carbons (Fsp3) is 0. The van der Waals surface area contributed by atoms with Gasteiger partial charge in [0.2, 0.25) is 0 Å². The molecule has 0 atom stereocenters. The summed E-state index contributed by atoms with van der Waals surface area (Å²) in [7, 11) is 3.65. The first-order valence-electron chi connectivity index (χ1n) is 0.123. The zero-order valence-corrected chi connectivity index (χ0v) is 9.14. The van der Waals surface area contributed by atoms with E-state index in [1.165, 1.54) is 0 Å². The first kappa shape index (κ1) is 16.7. The van der Waals surface area contributed by atoms with Crippen molar-refractivity contribution in [2.75, 3.05) is 0 Å². The van der Waals surface area contributed by atoms with Gasteiger partial charge in [-0.3, -0.25) is 0 Å². The predicted molar refractivity (Wildman–Crippen MR) is 13.3 cm³/mol. The second-order valence-electron chi connectivity index (χ2n) is 0. The van der Waals surface area contributed by atoms with Crippen LogP contribution >= 0.6 is 10.6 Å². The minimum atomic E-state index is 0. The normalized spacial score (nSPS) is 1.50. The van der Waals surface area contributed by atoms with E-state index < -0.39 is 0 Å². The smallest absolute Gasteiger partial charge is 0 e. The largest absolute Gasteiger partial charge is 0 e. The molecule has 0 bridgehead atoms. The topological polar surface area (TPSA) is 0 Å². The summed E-state index contributed by atoms with van der Waals surface area (Å²) in [6.07, 6.45) is 0. The standard InChI is InChI=1S/Cu.Ga.S.Zn. The maximum Gasteiger partial charge on any atom is 0 e. The van der Waals surface area contributed by atoms with Crippen LogP contribution in [0.5, 0.6) is 0 Å². The summed E-state index contributed by atoms with van der Waals surface area (Å²) in [6, 6.07) is 0. The van der Waals surface area contributed by atoms with E-state index in [1.54, 1.807) is 0 Å². The summed E-state index contributed by atoms with van der Waals surface area (Å²) in [4.78, 5) is 0. The molecule has 22 valence electrons. The van der Waals surface area contributed by atoms with Gasteiger partial charge in [0, 0.05) is 39.3 Å². The minimum Gasteiger partial charge on any atom is 0 e. The van der Waals surface area contributed by atoms with Gasteiger partial charge >= 0.3 is 24.9 Å². The number of hydrogen-bond acceptors (Lipinski definition) is 1. The van der Waals surface area contributed by atoms with E-state index in [1.807, 2.05) is 0 Å². The summed E-state index contributed by atoms with van der Waals surface area (Å²) in [5.41, 5.74) is 0. The minimum absolute atomic E-state index is 0. The van der Waals surface area contributed by atoms with Crippen LogP contribution < -0.4 is 0 Å². The van der Waals surface area contributed by atoms with Crippen LogP contribution in [0.3, 0.4) is 0 Å². The van der Waals surface area contributed by atoms with Gasteiger partial charge in [0.25, 0.3) is 0 Å². The molecule has 0 aromatic rings. The Bertz CT molecular complexity index is 8.00. The third kappa shape index (κ3) is 9.00. The second-order valence-corrected chi connectivity index (χ2v) is 0. The van der Waals surface area contributed by atoms with E-state index >= 15 is 0 Å². The van der Waals surface area contributed by atoms with Crippen molar-refractivity contribution in [3.8, 4) is 0 Å². The molecule has 0 rings (SSSR count). The molecule has 4 heavy (non-hydrogen) atoms. The summed E-state index contributed by atoms with van der Waals surface area (Å²) < 4.78 is 0. The molecule has 0 aliphatic heterocycles. The molecule has 0 spiro atoms. The molecule has 0 saturated carbocycles. The molecule has 0 heterocycles. The van der Waals surface area contributed by atoms with Gasteiger partial charge in [-0.15, -0.1) is 0 Å². The molecule has 0 nitrogen and oxygen atoms in total. The van der Waals surface area contributed by atoms with Crippen LogP contribution in [0.25, 0.3) is 0 Å². The molecule has 0 aromatic heterocycles. The maximum atomic E-state index is 3.77. The Kier molecular flexibility index (Phi) is 83.4. The molecule has 4 heteroatoms. The first-order chi connectivity index (χ1) is 1.00. The Morgan fingerprint density at radius 1 is 1.25 bits per heavy atom. The van der Waals surface area contributed by atoms with Crippen LogP contribution in [0.1, 0.15) is 0 Å². The Balaban J connectivity index is -0.00000000500. The van der Waals surface area contributed by atoms with Gasteiger partial charge in [-0.1, -0.05) is 0 Å². The van der Waals surface area contributed by atoms with Crippen molar-refractivity contribution in [2.24, 2.45) is 0 Å². The summed E-state index contributed by atoms with van der Waals surface area (Å²) in [6.45, 7) is 0. The molecular weight excluding hydrogens is 231 g/mol. The van der Waals surface area contributed by atoms with Crippen molar-refractivity contribution < 1.29 is 33.9 Å². The van der Waals surface area contributed by atoms with E-state index in [-0.39, 0.29) is 39.3 Å². The maximum absolute atomic E-state index is 3.77. The molecular formula is CuGaSZn. The van der Waals surface area contributed by atoms with E-state index in [9.17, 15) is 0 Å². The average Bonchev–Trinajstić information content (AvgIpc) is 1.00. The van der Waals surface area contributed by atoms with Crippen LogP contribution in [0, 0.1) is 0 Å². The van der Waals surface area contributed by atoms with Gasteiger partial charge in [0.05, 0.1) is 0 Å². The van der Waals surface area contributed by atoms with Crippen molar-refractivity contribution in [3.63, 3.8) is 0 Å². The van der Waals surface area contributed by atoms with Gasteiger partial charge in [-0.05, 0) is 0 Å². The third-order valence-electron chi connectivity index (χ3n) is 0. The fourth-order valence-electron chi connectivity index (χ4n) is 0. The predicted octanol–water partition coefficient (Wildman–Crippen LogP) is 0.262. The Labute approximate surface area is 63.6 Å². The molecule has 0 aliphatic rings. The van der Waals surface area contributed by atoms with Crippen molar-refractivity contribution in [1.29, 1.82) is 0 Å². The van der Waals surface area contributed by atoms with Gasteiger partial charge in [-0.25, -0.2) is 0 Å². The van der Waals surface area contributed by atoms with E-state index in [0.29, 0.717) is 0 Å². The van der Waals surface area contributed by atoms with Crippen molar-refractivity contribution >= 4 is 30.3 Å². The quantitative estimate of drug-likeness (QED) is 0.538. The van der Waals surface area contributed by atoms with Crippen LogP contribution in [0.2, 0.25) is 0 Å². The Hall–Kier alpha value is 2.00. The van der Waals surface area contributed by atoms with Gasteiger partial charge in [0.1, 0.15) is 0 Å². The van der Waals surface area contributed by atoms with E-state index in [4.69, 9.17) is 0 Å². The van der Waals surface area contributed by atoms with Crippen molar-refractivity contribution in [2.45, 2.75) is 0 Å². The third-order valence-corrected chi connectivity index (χ3v) is 0. The van der Waals surface area contributed by atoms with Crippen molar-refractivity contribution in [1.82, 2.24) is 0 Å². The number of rotatable bonds is 0. The molecule has 0 fully saturated rings. The van der Waals surface area contributed by atoms with Gasteiger partial charge in [0.15, 0.2) is 0 Å². The van der Waals surface area contributed by atoms with Crippen LogP contribution in [0.4, 0.5) is 0 Å². The SMILES string of the molecule is [Ga].[S]=[Cu].[Zn]. The van der Waals surface area contributed by atoms with E-state index in [2.05, 4.69) is 24.9 Å².